The van der Waals surface area contributed by atoms with Gasteiger partial charge in [-0.25, -0.2) is 9.36 Å². The van der Waals surface area contributed by atoms with E-state index in [1.165, 1.54) is 33.3 Å². The standard InChI is InChI=1S/C19H21N9OS2/c1-11-4-6-14(7-5-11)9-21-16(29)17-23-22-15(31-17)10-30-19-25-24-18(27(19)20)28-13(3)8-12(2)26-28/h4-8H,9-10,20H2,1-3H3,(H,21,29). The van der Waals surface area contributed by atoms with Gasteiger partial charge < -0.3 is 11.2 Å². The van der Waals surface area contributed by atoms with E-state index in [1.54, 1.807) is 4.68 Å². The molecule has 3 heterocycles. The Labute approximate surface area is 186 Å². The topological polar surface area (TPSA) is 129 Å². The largest absolute Gasteiger partial charge is 0.346 e. The number of nitrogens with zero attached hydrogens (tertiary/aromatic N) is 7. The Bertz CT molecular complexity index is 1210. The second-order valence-corrected chi connectivity index (χ2v) is 8.95. The molecule has 0 fully saturated rings. The Kier molecular flexibility index (Phi) is 6.00. The minimum absolute atomic E-state index is 0.247. The number of nitrogen functional groups attached to an aromatic ring is 1. The van der Waals surface area contributed by atoms with Crippen LogP contribution in [0.2, 0.25) is 0 Å². The van der Waals surface area contributed by atoms with E-state index in [1.807, 2.05) is 51.1 Å². The molecule has 1 amide bonds. The third-order valence-electron chi connectivity index (χ3n) is 4.41. The van der Waals surface area contributed by atoms with Gasteiger partial charge >= 0.3 is 0 Å². The summed E-state index contributed by atoms with van der Waals surface area (Å²) in [6, 6.07) is 9.94. The molecule has 3 N–H and O–H groups in total. The monoisotopic (exact) mass is 455 g/mol. The Balaban J connectivity index is 1.35. The number of nitrogens with two attached hydrogens (primary N) is 1. The smallest absolute Gasteiger partial charge is 0.282 e. The van der Waals surface area contributed by atoms with Crippen molar-refractivity contribution in [2.24, 2.45) is 0 Å². The fourth-order valence-corrected chi connectivity index (χ4v) is 4.43. The molecule has 0 saturated heterocycles. The summed E-state index contributed by atoms with van der Waals surface area (Å²) in [5.74, 6) is 6.80. The van der Waals surface area contributed by atoms with Gasteiger partial charge in [-0.15, -0.1) is 20.4 Å². The number of aryl methyl sites for hydroxylation is 3. The van der Waals surface area contributed by atoms with Gasteiger partial charge in [0.1, 0.15) is 5.01 Å². The highest BCUT2D eigenvalue weighted by Gasteiger charge is 2.17. The van der Waals surface area contributed by atoms with Crippen LogP contribution in [0, 0.1) is 20.8 Å². The average molecular weight is 456 g/mol. The third kappa shape index (κ3) is 4.75. The van der Waals surface area contributed by atoms with Gasteiger partial charge in [0.25, 0.3) is 11.9 Å². The van der Waals surface area contributed by atoms with Crippen molar-refractivity contribution in [3.05, 3.63) is 62.9 Å². The molecule has 160 valence electrons. The van der Waals surface area contributed by atoms with Crippen LogP contribution in [0.25, 0.3) is 5.95 Å². The number of benzene rings is 1. The minimum Gasteiger partial charge on any atom is -0.346 e. The molecule has 31 heavy (non-hydrogen) atoms. The van der Waals surface area contributed by atoms with Crippen molar-refractivity contribution in [3.8, 4) is 5.95 Å². The van der Waals surface area contributed by atoms with E-state index in [0.717, 1.165) is 17.0 Å². The number of carbonyl (C=O) groups is 1. The lowest BCUT2D eigenvalue weighted by atomic mass is 10.1. The molecule has 0 saturated carbocycles. The van der Waals surface area contributed by atoms with Crippen molar-refractivity contribution in [1.82, 2.24) is 40.2 Å². The van der Waals surface area contributed by atoms with Crippen molar-refractivity contribution in [1.29, 1.82) is 0 Å². The van der Waals surface area contributed by atoms with Crippen molar-refractivity contribution in [3.63, 3.8) is 0 Å². The summed E-state index contributed by atoms with van der Waals surface area (Å²) >= 11 is 2.61. The van der Waals surface area contributed by atoms with Gasteiger partial charge in [-0.3, -0.25) is 4.79 Å². The van der Waals surface area contributed by atoms with Crippen LogP contribution in [0.4, 0.5) is 0 Å². The Hall–Kier alpha value is -3.25. The molecular formula is C19H21N9OS2. The average Bonchev–Trinajstić information content (AvgIpc) is 3.44. The second kappa shape index (κ2) is 8.86. The fourth-order valence-electron chi connectivity index (χ4n) is 2.84. The number of aromatic nitrogens is 7. The highest BCUT2D eigenvalue weighted by atomic mass is 32.2. The molecule has 0 atom stereocenters. The van der Waals surface area contributed by atoms with Crippen LogP contribution in [-0.4, -0.2) is 40.8 Å². The first-order chi connectivity index (χ1) is 14.9. The van der Waals surface area contributed by atoms with Gasteiger partial charge in [0.15, 0.2) is 0 Å². The zero-order chi connectivity index (χ0) is 22.0. The van der Waals surface area contributed by atoms with Crippen molar-refractivity contribution < 1.29 is 4.79 Å². The zero-order valence-corrected chi connectivity index (χ0v) is 18.9. The van der Waals surface area contributed by atoms with Gasteiger partial charge in [0, 0.05) is 12.2 Å². The van der Waals surface area contributed by atoms with E-state index in [4.69, 9.17) is 5.84 Å². The van der Waals surface area contributed by atoms with Crippen molar-refractivity contribution >= 4 is 29.0 Å². The first-order valence-electron chi connectivity index (χ1n) is 9.44. The highest BCUT2D eigenvalue weighted by molar-refractivity contribution is 7.98. The predicted molar refractivity (Wildman–Crippen MR) is 119 cm³/mol. The lowest BCUT2D eigenvalue weighted by molar-refractivity contribution is 0.0950. The number of rotatable bonds is 7. The molecule has 0 bridgehead atoms. The van der Waals surface area contributed by atoms with Crippen LogP contribution in [-0.2, 0) is 12.3 Å². The molecule has 1 aromatic carbocycles. The molecule has 4 aromatic rings. The van der Waals surface area contributed by atoms with E-state index in [9.17, 15) is 4.79 Å². The summed E-state index contributed by atoms with van der Waals surface area (Å²) in [5, 5.41) is 25.1. The van der Waals surface area contributed by atoms with Gasteiger partial charge in [0.05, 0.1) is 11.4 Å². The highest BCUT2D eigenvalue weighted by Crippen LogP contribution is 2.23. The summed E-state index contributed by atoms with van der Waals surface area (Å²) in [6.45, 7) is 6.29. The van der Waals surface area contributed by atoms with Crippen LogP contribution in [0.15, 0.2) is 35.5 Å². The van der Waals surface area contributed by atoms with Crippen LogP contribution < -0.4 is 11.2 Å². The maximum atomic E-state index is 12.4. The van der Waals surface area contributed by atoms with E-state index in [0.29, 0.717) is 33.4 Å². The molecule has 12 heteroatoms. The van der Waals surface area contributed by atoms with Crippen LogP contribution in [0.1, 0.15) is 37.3 Å². The SMILES string of the molecule is Cc1ccc(CNC(=O)c2nnc(CSc3nnc(-n4nc(C)cc4C)n3N)s2)cc1. The number of amides is 1. The molecule has 0 aliphatic heterocycles. The normalized spacial score (nSPS) is 11.1. The Morgan fingerprint density at radius 1 is 1.13 bits per heavy atom. The van der Waals surface area contributed by atoms with E-state index in [-0.39, 0.29) is 5.91 Å². The van der Waals surface area contributed by atoms with E-state index >= 15 is 0 Å². The number of thioether (sulfide) groups is 1. The molecule has 10 nitrogen and oxygen atoms in total. The first kappa shape index (κ1) is 21.0. The van der Waals surface area contributed by atoms with Gasteiger partial charge in [0.2, 0.25) is 10.2 Å². The Morgan fingerprint density at radius 3 is 2.61 bits per heavy atom. The third-order valence-corrected chi connectivity index (χ3v) is 6.46. The molecule has 3 aromatic heterocycles. The quantitative estimate of drug-likeness (QED) is 0.320. The molecule has 0 radical (unpaired) electrons. The maximum Gasteiger partial charge on any atom is 0.282 e. The van der Waals surface area contributed by atoms with Gasteiger partial charge in [-0.2, -0.15) is 5.10 Å². The molecule has 0 spiro atoms. The van der Waals surface area contributed by atoms with Crippen LogP contribution in [0.3, 0.4) is 0 Å². The molecular weight excluding hydrogens is 434 g/mol. The second-order valence-electron chi connectivity index (χ2n) is 6.95. The Morgan fingerprint density at radius 2 is 1.90 bits per heavy atom. The minimum atomic E-state index is -0.247. The number of hydrogen-bond donors (Lipinski definition) is 2. The molecule has 0 aliphatic rings. The van der Waals surface area contributed by atoms with Crippen LogP contribution in [0.5, 0.6) is 0 Å². The number of hydrogen-bond acceptors (Lipinski definition) is 9. The van der Waals surface area contributed by atoms with E-state index < -0.39 is 0 Å². The van der Waals surface area contributed by atoms with Gasteiger partial charge in [-0.1, -0.05) is 52.9 Å². The van der Waals surface area contributed by atoms with Crippen molar-refractivity contribution in [2.45, 2.75) is 38.2 Å². The first-order valence-corrected chi connectivity index (χ1v) is 11.2. The zero-order valence-electron chi connectivity index (χ0n) is 17.2. The van der Waals surface area contributed by atoms with Crippen molar-refractivity contribution in [2.75, 3.05) is 5.84 Å². The summed E-state index contributed by atoms with van der Waals surface area (Å²) in [4.78, 5) is 12.4. The lowest BCUT2D eigenvalue weighted by Gasteiger charge is -2.04. The molecule has 4 rings (SSSR count). The number of nitrogens with one attached hydrogen (secondary N) is 1. The molecule has 0 unspecified atom stereocenters. The molecule has 0 aliphatic carbocycles. The summed E-state index contributed by atoms with van der Waals surface area (Å²) in [6.07, 6.45) is 0. The fraction of sp³-hybridized carbons (Fsp3) is 0.263. The lowest BCUT2D eigenvalue weighted by Crippen LogP contribution is -2.22. The predicted octanol–water partition coefficient (Wildman–Crippen LogP) is 2.18. The summed E-state index contributed by atoms with van der Waals surface area (Å²) in [5.41, 5.74) is 3.99. The number of carbonyl (C=O) groups excluding carboxylic acids is 1. The summed E-state index contributed by atoms with van der Waals surface area (Å²) < 4.78 is 3.04. The maximum absolute atomic E-state index is 12.4. The van der Waals surface area contributed by atoms with E-state index in [2.05, 4.69) is 30.8 Å². The van der Waals surface area contributed by atoms with Crippen LogP contribution >= 0.6 is 23.1 Å². The van der Waals surface area contributed by atoms with Gasteiger partial charge in [-0.05, 0) is 32.4 Å². The summed E-state index contributed by atoms with van der Waals surface area (Å²) in [7, 11) is 0.